The second-order valence-corrected chi connectivity index (χ2v) is 5.41. The number of carbonyl (C=O) groups excluding carboxylic acids is 1. The van der Waals surface area contributed by atoms with Gasteiger partial charge in [-0.2, -0.15) is 0 Å². The van der Waals surface area contributed by atoms with Crippen molar-refractivity contribution in [1.29, 1.82) is 0 Å². The van der Waals surface area contributed by atoms with Gasteiger partial charge in [0.05, 0.1) is 10.0 Å². The Morgan fingerprint density at radius 3 is 2.52 bits per heavy atom. The molecular weight excluding hydrogens is 333 g/mol. The molecule has 3 aromatic rings. The summed E-state index contributed by atoms with van der Waals surface area (Å²) in [5.74, 6) is -0.808. The van der Waals surface area contributed by atoms with Crippen LogP contribution in [0.3, 0.4) is 0 Å². The fourth-order valence-corrected chi connectivity index (χ4v) is 2.59. The predicted molar refractivity (Wildman–Crippen MR) is 86.0 cm³/mol. The summed E-state index contributed by atoms with van der Waals surface area (Å²) in [4.78, 5) is 12.2. The van der Waals surface area contributed by atoms with Crippen LogP contribution in [0.2, 0.25) is 0 Å². The van der Waals surface area contributed by atoms with Crippen molar-refractivity contribution in [2.75, 3.05) is 5.32 Å². The van der Waals surface area contributed by atoms with E-state index in [1.54, 1.807) is 6.07 Å². The number of carbonyl (C=O) groups is 1. The van der Waals surface area contributed by atoms with Gasteiger partial charge in [-0.15, -0.1) is 0 Å². The van der Waals surface area contributed by atoms with Gasteiger partial charge in [0.25, 0.3) is 5.91 Å². The zero-order chi connectivity index (χ0) is 14.8. The molecule has 0 atom stereocenters. The Morgan fingerprint density at radius 1 is 0.952 bits per heavy atom. The number of nitrogens with one attached hydrogen (secondary N) is 1. The number of benzene rings is 3. The molecule has 0 unspecified atom stereocenters. The van der Waals surface area contributed by atoms with Gasteiger partial charge in [0.2, 0.25) is 0 Å². The minimum atomic E-state index is -0.457. The van der Waals surface area contributed by atoms with Crippen LogP contribution in [0.25, 0.3) is 10.8 Å². The zero-order valence-corrected chi connectivity index (χ0v) is 12.5. The molecule has 1 N–H and O–H groups in total. The van der Waals surface area contributed by atoms with Gasteiger partial charge in [-0.1, -0.05) is 36.4 Å². The smallest absolute Gasteiger partial charge is 0.256 e. The average Bonchev–Trinajstić information content (AvgIpc) is 2.50. The minimum Gasteiger partial charge on any atom is -0.322 e. The van der Waals surface area contributed by atoms with Crippen molar-refractivity contribution in [1.82, 2.24) is 0 Å². The first-order valence-corrected chi connectivity index (χ1v) is 7.18. The van der Waals surface area contributed by atoms with E-state index >= 15 is 0 Å². The van der Waals surface area contributed by atoms with Crippen LogP contribution in [0, 0.1) is 5.82 Å². The summed E-state index contributed by atoms with van der Waals surface area (Å²) in [5, 5.41) is 4.92. The molecule has 0 aliphatic heterocycles. The van der Waals surface area contributed by atoms with Crippen LogP contribution in [-0.4, -0.2) is 5.91 Å². The molecule has 21 heavy (non-hydrogen) atoms. The molecule has 0 bridgehead atoms. The monoisotopic (exact) mass is 343 g/mol. The first-order valence-electron chi connectivity index (χ1n) is 6.39. The topological polar surface area (TPSA) is 29.1 Å². The number of fused-ring (bicyclic) bond motifs is 1. The molecule has 0 aliphatic rings. The summed E-state index contributed by atoms with van der Waals surface area (Å²) >= 11 is 3.10. The third-order valence-corrected chi connectivity index (χ3v) is 4.01. The van der Waals surface area contributed by atoms with Crippen molar-refractivity contribution >= 4 is 38.3 Å². The molecule has 1 amide bonds. The average molecular weight is 344 g/mol. The van der Waals surface area contributed by atoms with Crippen LogP contribution >= 0.6 is 15.9 Å². The molecular formula is C17H11BrFNO. The number of anilines is 1. The van der Waals surface area contributed by atoms with Gasteiger partial charge >= 0.3 is 0 Å². The van der Waals surface area contributed by atoms with Crippen LogP contribution in [0.4, 0.5) is 10.1 Å². The van der Waals surface area contributed by atoms with E-state index < -0.39 is 5.82 Å². The number of amides is 1. The fourth-order valence-electron chi connectivity index (χ4n) is 2.14. The lowest BCUT2D eigenvalue weighted by atomic mass is 10.1. The predicted octanol–water partition coefficient (Wildman–Crippen LogP) is 4.99. The summed E-state index contributed by atoms with van der Waals surface area (Å²) in [6.07, 6.45) is 0. The molecule has 0 saturated heterocycles. The SMILES string of the molecule is O=C(Nc1ccc2ccccc2c1)c1cccc(F)c1Br. The first-order chi connectivity index (χ1) is 10.1. The highest BCUT2D eigenvalue weighted by molar-refractivity contribution is 9.10. The van der Waals surface area contributed by atoms with E-state index in [0.29, 0.717) is 5.69 Å². The molecule has 0 aliphatic carbocycles. The Labute approximate surface area is 129 Å². The van der Waals surface area contributed by atoms with E-state index in [9.17, 15) is 9.18 Å². The molecule has 0 heterocycles. The maximum absolute atomic E-state index is 13.5. The van der Waals surface area contributed by atoms with Crippen molar-refractivity contribution in [3.05, 3.63) is 76.5 Å². The van der Waals surface area contributed by atoms with Crippen molar-refractivity contribution in [2.45, 2.75) is 0 Å². The minimum absolute atomic E-state index is 0.170. The molecule has 0 aromatic heterocycles. The molecule has 3 aromatic carbocycles. The summed E-state index contributed by atoms with van der Waals surface area (Å²) in [6.45, 7) is 0. The summed E-state index contributed by atoms with van der Waals surface area (Å²) in [6, 6.07) is 17.9. The highest BCUT2D eigenvalue weighted by atomic mass is 79.9. The zero-order valence-electron chi connectivity index (χ0n) is 10.9. The molecule has 4 heteroatoms. The molecule has 0 saturated carbocycles. The molecule has 104 valence electrons. The third kappa shape index (κ3) is 2.81. The molecule has 2 nitrogen and oxygen atoms in total. The summed E-state index contributed by atoms with van der Waals surface area (Å²) in [5.41, 5.74) is 0.943. The molecule has 0 radical (unpaired) electrons. The van der Waals surface area contributed by atoms with Gasteiger partial charge in [-0.25, -0.2) is 4.39 Å². The molecule has 3 rings (SSSR count). The highest BCUT2D eigenvalue weighted by Gasteiger charge is 2.13. The quantitative estimate of drug-likeness (QED) is 0.697. The van der Waals surface area contributed by atoms with Gasteiger partial charge in [0.1, 0.15) is 5.82 Å². The second-order valence-electron chi connectivity index (χ2n) is 4.62. The molecule has 0 fully saturated rings. The number of halogens is 2. The van der Waals surface area contributed by atoms with Gasteiger partial charge < -0.3 is 5.32 Å². The van der Waals surface area contributed by atoms with Crippen molar-refractivity contribution in [2.24, 2.45) is 0 Å². The number of hydrogen-bond acceptors (Lipinski definition) is 1. The first kappa shape index (κ1) is 13.8. The van der Waals surface area contributed by atoms with E-state index in [4.69, 9.17) is 0 Å². The van der Waals surface area contributed by atoms with E-state index in [1.165, 1.54) is 12.1 Å². The number of rotatable bonds is 2. The lowest BCUT2D eigenvalue weighted by Gasteiger charge is -2.08. The van der Waals surface area contributed by atoms with E-state index in [2.05, 4.69) is 21.2 Å². The fraction of sp³-hybridized carbons (Fsp3) is 0. The summed E-state index contributed by atoms with van der Waals surface area (Å²) < 4.78 is 13.6. The molecule has 0 spiro atoms. The van der Waals surface area contributed by atoms with Gasteiger partial charge in [-0.05, 0) is 51.0 Å². The van der Waals surface area contributed by atoms with Crippen molar-refractivity contribution in [3.63, 3.8) is 0 Å². The van der Waals surface area contributed by atoms with Crippen LogP contribution < -0.4 is 5.32 Å². The Morgan fingerprint density at radius 2 is 1.71 bits per heavy atom. The van der Waals surface area contributed by atoms with Crippen molar-refractivity contribution in [3.8, 4) is 0 Å². The lowest BCUT2D eigenvalue weighted by molar-refractivity contribution is 0.102. The van der Waals surface area contributed by atoms with E-state index in [-0.39, 0.29) is 15.9 Å². The van der Waals surface area contributed by atoms with E-state index in [0.717, 1.165) is 10.8 Å². The maximum atomic E-state index is 13.5. The standard InChI is InChI=1S/C17H11BrFNO/c18-16-14(6-3-7-15(16)19)17(21)20-13-9-8-11-4-1-2-5-12(11)10-13/h1-10H,(H,20,21). The van der Waals surface area contributed by atoms with Gasteiger partial charge in [0, 0.05) is 5.69 Å². The summed E-state index contributed by atoms with van der Waals surface area (Å²) in [7, 11) is 0. The third-order valence-electron chi connectivity index (χ3n) is 3.20. The Hall–Kier alpha value is -2.20. The van der Waals surface area contributed by atoms with Gasteiger partial charge in [0.15, 0.2) is 0 Å². The van der Waals surface area contributed by atoms with Crippen LogP contribution in [0.15, 0.2) is 65.1 Å². The van der Waals surface area contributed by atoms with Gasteiger partial charge in [-0.3, -0.25) is 4.79 Å². The van der Waals surface area contributed by atoms with E-state index in [1.807, 2.05) is 42.5 Å². The van der Waals surface area contributed by atoms with Crippen molar-refractivity contribution < 1.29 is 9.18 Å². The van der Waals surface area contributed by atoms with Crippen LogP contribution in [0.1, 0.15) is 10.4 Å². The Bertz CT molecular complexity index is 832. The largest absolute Gasteiger partial charge is 0.322 e. The Balaban J connectivity index is 1.91. The van der Waals surface area contributed by atoms with Crippen LogP contribution in [0.5, 0.6) is 0 Å². The second kappa shape index (κ2) is 5.66. The normalized spacial score (nSPS) is 10.6. The highest BCUT2D eigenvalue weighted by Crippen LogP contribution is 2.23. The number of hydrogen-bond donors (Lipinski definition) is 1. The lowest BCUT2D eigenvalue weighted by Crippen LogP contribution is -2.13. The maximum Gasteiger partial charge on any atom is 0.256 e. The Kier molecular flexibility index (Phi) is 3.71. The van der Waals surface area contributed by atoms with Crippen LogP contribution in [-0.2, 0) is 0 Å².